The van der Waals surface area contributed by atoms with Crippen LogP contribution in [0.4, 0.5) is 5.69 Å². The maximum Gasteiger partial charge on any atom is 0.263 e. The number of benzene rings is 2. The Morgan fingerprint density at radius 1 is 1.00 bits per heavy atom. The van der Waals surface area contributed by atoms with Gasteiger partial charge in [-0.3, -0.25) is 0 Å². The van der Waals surface area contributed by atoms with E-state index >= 15 is 0 Å². The monoisotopic (exact) mass is 473 g/mol. The number of hydrogen-bond donors (Lipinski definition) is 0. The van der Waals surface area contributed by atoms with Gasteiger partial charge < -0.3 is 4.90 Å². The number of para-hydroxylation sites is 2. The summed E-state index contributed by atoms with van der Waals surface area (Å²) in [6.07, 6.45) is 7.18. The SMILES string of the molecule is CCN1C(=CC2=C(C)C(=Cc3sc4ccccc4[n+]3CC)CC(C)(C)C2)Sc2ccccc21. The van der Waals surface area contributed by atoms with E-state index in [2.05, 4.69) is 105 Å². The molecule has 0 saturated heterocycles. The lowest BCUT2D eigenvalue weighted by atomic mass is 9.72. The molecular weight excluding hydrogens is 440 g/mol. The van der Waals surface area contributed by atoms with Gasteiger partial charge in [-0.2, -0.15) is 4.57 Å². The Kier molecular flexibility index (Phi) is 6.00. The van der Waals surface area contributed by atoms with Gasteiger partial charge in [-0.25, -0.2) is 0 Å². The molecule has 2 aliphatic rings. The van der Waals surface area contributed by atoms with E-state index in [1.54, 1.807) is 0 Å². The smallest absolute Gasteiger partial charge is 0.263 e. The summed E-state index contributed by atoms with van der Waals surface area (Å²) in [7, 11) is 0. The van der Waals surface area contributed by atoms with Crippen LogP contribution in [0.15, 0.2) is 81.3 Å². The maximum atomic E-state index is 2.47. The molecule has 2 aromatic carbocycles. The highest BCUT2D eigenvalue weighted by Gasteiger charge is 2.31. The molecular formula is C29H33N2S2+. The largest absolute Gasteiger partial charge is 0.335 e. The first-order valence-electron chi connectivity index (χ1n) is 12.0. The van der Waals surface area contributed by atoms with Crippen LogP contribution in [0.3, 0.4) is 0 Å². The van der Waals surface area contributed by atoms with E-state index < -0.39 is 0 Å². The first kappa shape index (κ1) is 22.5. The molecule has 0 bridgehead atoms. The number of fused-ring (bicyclic) bond motifs is 2. The maximum absolute atomic E-state index is 2.47. The lowest BCUT2D eigenvalue weighted by Crippen LogP contribution is -2.33. The first-order valence-corrected chi connectivity index (χ1v) is 13.6. The third-order valence-corrected chi connectivity index (χ3v) is 9.03. The molecule has 4 heteroatoms. The summed E-state index contributed by atoms with van der Waals surface area (Å²) in [4.78, 5) is 3.83. The second kappa shape index (κ2) is 8.81. The molecule has 0 atom stereocenters. The van der Waals surface area contributed by atoms with Crippen LogP contribution in [0, 0.1) is 5.41 Å². The lowest BCUT2D eigenvalue weighted by molar-refractivity contribution is -0.665. The third-order valence-electron chi connectivity index (χ3n) is 6.80. The number of anilines is 1. The van der Waals surface area contributed by atoms with Gasteiger partial charge >= 0.3 is 0 Å². The zero-order valence-corrected chi connectivity index (χ0v) is 21.9. The predicted molar refractivity (Wildman–Crippen MR) is 145 cm³/mol. The Bertz CT molecular complexity index is 1310. The van der Waals surface area contributed by atoms with E-state index in [9.17, 15) is 0 Å². The van der Waals surface area contributed by atoms with Crippen LogP contribution in [0.5, 0.6) is 0 Å². The van der Waals surface area contributed by atoms with Crippen molar-refractivity contribution in [2.24, 2.45) is 5.41 Å². The highest BCUT2D eigenvalue weighted by Crippen LogP contribution is 2.48. The van der Waals surface area contributed by atoms with Crippen LogP contribution in [0.25, 0.3) is 16.3 Å². The second-order valence-corrected chi connectivity index (χ2v) is 11.9. The number of aryl methyl sites for hydroxylation is 1. The van der Waals surface area contributed by atoms with Gasteiger partial charge in [0.15, 0.2) is 0 Å². The van der Waals surface area contributed by atoms with Crippen molar-refractivity contribution in [3.05, 3.63) is 81.4 Å². The van der Waals surface area contributed by atoms with Gasteiger partial charge in [0.25, 0.3) is 5.01 Å². The molecule has 1 aliphatic heterocycles. The van der Waals surface area contributed by atoms with Gasteiger partial charge in [0.05, 0.1) is 10.7 Å². The molecule has 1 aliphatic carbocycles. The Labute approximate surface area is 206 Å². The van der Waals surface area contributed by atoms with Gasteiger partial charge in [-0.1, -0.05) is 61.2 Å². The second-order valence-electron chi connectivity index (χ2n) is 9.79. The van der Waals surface area contributed by atoms with E-state index in [4.69, 9.17) is 0 Å². The molecule has 0 radical (unpaired) electrons. The first-order chi connectivity index (χ1) is 15.9. The quantitative estimate of drug-likeness (QED) is 0.353. The van der Waals surface area contributed by atoms with E-state index in [1.807, 2.05) is 23.1 Å². The lowest BCUT2D eigenvalue weighted by Gasteiger charge is -2.33. The Morgan fingerprint density at radius 3 is 2.55 bits per heavy atom. The van der Waals surface area contributed by atoms with Crippen LogP contribution in [0.1, 0.15) is 52.5 Å². The summed E-state index contributed by atoms with van der Waals surface area (Å²) in [6, 6.07) is 17.6. The molecule has 0 fully saturated rings. The molecule has 5 rings (SSSR count). The Hall–Kier alpha value is -2.30. The van der Waals surface area contributed by atoms with Crippen LogP contribution in [-0.4, -0.2) is 6.54 Å². The van der Waals surface area contributed by atoms with Crippen LogP contribution in [-0.2, 0) is 6.54 Å². The highest BCUT2D eigenvalue weighted by molar-refractivity contribution is 8.03. The molecule has 0 unspecified atom stereocenters. The number of rotatable bonds is 4. The summed E-state index contributed by atoms with van der Waals surface area (Å²) in [5, 5.41) is 2.71. The van der Waals surface area contributed by atoms with E-state index in [1.165, 1.54) is 47.6 Å². The molecule has 0 saturated carbocycles. The summed E-state index contributed by atoms with van der Waals surface area (Å²) >= 11 is 3.82. The molecule has 0 amide bonds. The standard InChI is InChI=1S/C29H33N2S2/c1-6-30-23-12-8-10-14-25(23)32-27(30)16-21-18-29(4,5)19-22(20(21)3)17-28-31(7-2)24-13-9-11-15-26(24)33-28/h8-17H,6-7,18-19H2,1-5H3/q+1. The molecule has 1 aromatic heterocycles. The fourth-order valence-corrected chi connectivity index (χ4v) is 7.54. The van der Waals surface area contributed by atoms with Crippen molar-refractivity contribution in [2.45, 2.75) is 58.9 Å². The fraction of sp³-hybridized carbons (Fsp3) is 0.345. The minimum Gasteiger partial charge on any atom is -0.335 e. The van der Waals surface area contributed by atoms with Crippen molar-refractivity contribution in [1.82, 2.24) is 0 Å². The van der Waals surface area contributed by atoms with Crippen molar-refractivity contribution in [2.75, 3.05) is 11.4 Å². The van der Waals surface area contributed by atoms with E-state index in [-0.39, 0.29) is 5.41 Å². The van der Waals surface area contributed by atoms with Gasteiger partial charge in [-0.15, -0.1) is 0 Å². The van der Waals surface area contributed by atoms with Crippen molar-refractivity contribution in [3.63, 3.8) is 0 Å². The highest BCUT2D eigenvalue weighted by atomic mass is 32.2. The van der Waals surface area contributed by atoms with Gasteiger partial charge in [0, 0.05) is 23.6 Å². The van der Waals surface area contributed by atoms with Crippen LogP contribution >= 0.6 is 23.1 Å². The molecule has 170 valence electrons. The zero-order chi connectivity index (χ0) is 23.2. The Morgan fingerprint density at radius 2 is 1.76 bits per heavy atom. The number of thiazole rings is 1. The average molecular weight is 474 g/mol. The average Bonchev–Trinajstić information content (AvgIpc) is 3.33. The minimum atomic E-state index is 0.249. The number of hydrogen-bond acceptors (Lipinski definition) is 3. The van der Waals surface area contributed by atoms with Crippen molar-refractivity contribution in [3.8, 4) is 0 Å². The fourth-order valence-electron chi connectivity index (χ4n) is 5.15. The van der Waals surface area contributed by atoms with Crippen LogP contribution in [0.2, 0.25) is 0 Å². The summed E-state index contributed by atoms with van der Waals surface area (Å²) in [5.74, 6) is 0. The molecule has 2 nitrogen and oxygen atoms in total. The Balaban J connectivity index is 1.59. The van der Waals surface area contributed by atoms with E-state index in [0.29, 0.717) is 0 Å². The predicted octanol–water partition coefficient (Wildman–Crippen LogP) is 8.20. The number of aromatic nitrogens is 1. The topological polar surface area (TPSA) is 7.12 Å². The van der Waals surface area contributed by atoms with Crippen molar-refractivity contribution < 1.29 is 4.57 Å². The summed E-state index contributed by atoms with van der Waals surface area (Å²) in [6.45, 7) is 13.6. The van der Waals surface area contributed by atoms with Gasteiger partial charge in [0.1, 0.15) is 11.2 Å². The number of allylic oxidation sites excluding steroid dienone is 4. The third kappa shape index (κ3) is 4.20. The number of thioether (sulfide) groups is 1. The van der Waals surface area contributed by atoms with Gasteiger partial charge in [0.2, 0.25) is 5.52 Å². The van der Waals surface area contributed by atoms with Crippen LogP contribution < -0.4 is 9.47 Å². The molecule has 3 aromatic rings. The normalized spacial score (nSPS) is 20.3. The van der Waals surface area contributed by atoms with Gasteiger partial charge in [-0.05, 0) is 80.0 Å². The summed E-state index contributed by atoms with van der Waals surface area (Å²) < 4.78 is 3.83. The molecule has 0 N–H and O–H groups in total. The van der Waals surface area contributed by atoms with Crippen molar-refractivity contribution in [1.29, 1.82) is 0 Å². The molecule has 2 heterocycles. The zero-order valence-electron chi connectivity index (χ0n) is 20.3. The molecule has 0 spiro atoms. The minimum absolute atomic E-state index is 0.249. The molecule has 33 heavy (non-hydrogen) atoms. The van der Waals surface area contributed by atoms with Crippen molar-refractivity contribution >= 4 is 45.1 Å². The summed E-state index contributed by atoms with van der Waals surface area (Å²) in [5.41, 5.74) is 7.35. The number of nitrogens with zero attached hydrogens (tertiary/aromatic N) is 2. The van der Waals surface area contributed by atoms with E-state index in [0.717, 1.165) is 25.9 Å².